The van der Waals surface area contributed by atoms with Crippen molar-refractivity contribution in [1.82, 2.24) is 14.6 Å². The van der Waals surface area contributed by atoms with Crippen LogP contribution in [0.2, 0.25) is 0 Å². The molecule has 0 bridgehead atoms. The van der Waals surface area contributed by atoms with Crippen molar-refractivity contribution in [1.29, 1.82) is 0 Å². The second kappa shape index (κ2) is 6.51. The molecule has 0 atom stereocenters. The molecule has 0 amide bonds. The predicted molar refractivity (Wildman–Crippen MR) is 104 cm³/mol. The maximum absolute atomic E-state index is 12.2. The summed E-state index contributed by atoms with van der Waals surface area (Å²) in [6, 6.07) is 19.2. The molecule has 0 spiro atoms. The molecule has 0 saturated carbocycles. The first-order valence-electron chi connectivity index (χ1n) is 8.25. The lowest BCUT2D eigenvalue weighted by atomic mass is 10.0. The van der Waals surface area contributed by atoms with Crippen LogP contribution in [0.15, 0.2) is 72.0 Å². The number of aromatic nitrogens is 3. The summed E-state index contributed by atoms with van der Waals surface area (Å²) in [6.45, 7) is 0. The lowest BCUT2D eigenvalue weighted by Gasteiger charge is -2.09. The zero-order valence-electron chi connectivity index (χ0n) is 14.8. The number of benzene rings is 2. The smallest absolute Gasteiger partial charge is 0.249 e. The Balaban J connectivity index is 1.87. The number of rotatable bonds is 4. The van der Waals surface area contributed by atoms with Gasteiger partial charge in [-0.1, -0.05) is 30.3 Å². The van der Waals surface area contributed by atoms with E-state index in [1.54, 1.807) is 19.4 Å². The van der Waals surface area contributed by atoms with Crippen LogP contribution in [-0.2, 0) is 9.84 Å². The van der Waals surface area contributed by atoms with E-state index < -0.39 is 9.84 Å². The first-order chi connectivity index (χ1) is 13.0. The van der Waals surface area contributed by atoms with Crippen molar-refractivity contribution in [3.05, 3.63) is 66.9 Å². The Morgan fingerprint density at radius 1 is 0.926 bits per heavy atom. The van der Waals surface area contributed by atoms with Crippen molar-refractivity contribution >= 4 is 15.4 Å². The zero-order chi connectivity index (χ0) is 19.0. The van der Waals surface area contributed by atoms with Gasteiger partial charge in [-0.2, -0.15) is 5.10 Å². The molecule has 0 radical (unpaired) electrons. The number of sulfone groups is 1. The number of hydrogen-bond donors (Lipinski definition) is 0. The van der Waals surface area contributed by atoms with Crippen molar-refractivity contribution in [2.45, 2.75) is 5.16 Å². The zero-order valence-corrected chi connectivity index (χ0v) is 15.6. The van der Waals surface area contributed by atoms with Gasteiger partial charge in [-0.15, -0.1) is 0 Å². The monoisotopic (exact) mass is 379 g/mol. The van der Waals surface area contributed by atoms with Crippen molar-refractivity contribution in [2.24, 2.45) is 0 Å². The third kappa shape index (κ3) is 3.29. The van der Waals surface area contributed by atoms with Gasteiger partial charge in [0.05, 0.1) is 24.5 Å². The Morgan fingerprint density at radius 3 is 2.37 bits per heavy atom. The Labute approximate surface area is 157 Å². The van der Waals surface area contributed by atoms with Crippen LogP contribution in [-0.4, -0.2) is 36.4 Å². The molecule has 27 heavy (non-hydrogen) atoms. The summed E-state index contributed by atoms with van der Waals surface area (Å²) in [4.78, 5) is 4.37. The van der Waals surface area contributed by atoms with E-state index in [0.29, 0.717) is 11.2 Å². The average molecular weight is 379 g/mol. The number of hydrogen-bond acceptors (Lipinski definition) is 5. The Morgan fingerprint density at radius 2 is 1.63 bits per heavy atom. The molecular formula is C20H17N3O3S. The molecular weight excluding hydrogens is 362 g/mol. The van der Waals surface area contributed by atoms with E-state index in [1.807, 2.05) is 54.6 Å². The van der Waals surface area contributed by atoms with Crippen LogP contribution in [0.4, 0.5) is 0 Å². The van der Waals surface area contributed by atoms with E-state index in [0.717, 1.165) is 28.7 Å². The molecule has 136 valence electrons. The van der Waals surface area contributed by atoms with Gasteiger partial charge in [0.15, 0.2) is 0 Å². The van der Waals surface area contributed by atoms with Gasteiger partial charge in [-0.25, -0.2) is 17.9 Å². The molecule has 0 aliphatic carbocycles. The van der Waals surface area contributed by atoms with E-state index in [4.69, 9.17) is 4.74 Å². The van der Waals surface area contributed by atoms with E-state index in [2.05, 4.69) is 10.1 Å². The highest BCUT2D eigenvalue weighted by Crippen LogP contribution is 2.28. The number of ether oxygens (including phenoxy) is 1. The Bertz CT molecular complexity index is 1250. The lowest BCUT2D eigenvalue weighted by Crippen LogP contribution is -2.09. The molecule has 0 aliphatic heterocycles. The Hall–Kier alpha value is -3.19. The molecule has 4 aromatic rings. The van der Waals surface area contributed by atoms with Crippen LogP contribution in [0.5, 0.6) is 5.75 Å². The number of methoxy groups -OCH3 is 1. The van der Waals surface area contributed by atoms with Gasteiger partial charge < -0.3 is 4.74 Å². The van der Waals surface area contributed by atoms with Crippen LogP contribution in [0.3, 0.4) is 0 Å². The van der Waals surface area contributed by atoms with E-state index in [1.165, 1.54) is 4.52 Å². The fourth-order valence-corrected chi connectivity index (χ4v) is 3.68. The summed E-state index contributed by atoms with van der Waals surface area (Å²) in [7, 11) is -1.90. The molecule has 2 aromatic carbocycles. The van der Waals surface area contributed by atoms with Crippen molar-refractivity contribution in [2.75, 3.05) is 13.4 Å². The van der Waals surface area contributed by atoms with Gasteiger partial charge in [-0.05, 0) is 41.5 Å². The summed E-state index contributed by atoms with van der Waals surface area (Å²) in [5.74, 6) is 0.774. The lowest BCUT2D eigenvalue weighted by molar-refractivity contribution is 0.415. The number of nitrogens with zero attached hydrogens (tertiary/aromatic N) is 3. The first-order valence-corrected chi connectivity index (χ1v) is 10.1. The molecule has 7 heteroatoms. The SMILES string of the molecule is COc1cccc(-c2cccc(-c3cc4ccnn4c(S(C)(=O)=O)n3)c2)c1. The van der Waals surface area contributed by atoms with Crippen LogP contribution in [0.1, 0.15) is 0 Å². The molecule has 2 aromatic heterocycles. The third-order valence-corrected chi connectivity index (χ3v) is 5.17. The van der Waals surface area contributed by atoms with Crippen molar-refractivity contribution in [3.63, 3.8) is 0 Å². The highest BCUT2D eigenvalue weighted by Gasteiger charge is 2.17. The highest BCUT2D eigenvalue weighted by atomic mass is 32.2. The van der Waals surface area contributed by atoms with Gasteiger partial charge in [-0.3, -0.25) is 0 Å². The molecule has 6 nitrogen and oxygen atoms in total. The molecule has 0 aliphatic rings. The molecule has 4 rings (SSSR count). The average Bonchev–Trinajstić information content (AvgIpc) is 3.15. The molecule has 0 N–H and O–H groups in total. The topological polar surface area (TPSA) is 73.6 Å². The van der Waals surface area contributed by atoms with Crippen LogP contribution >= 0.6 is 0 Å². The first kappa shape index (κ1) is 17.2. The molecule has 0 unspecified atom stereocenters. The largest absolute Gasteiger partial charge is 0.497 e. The predicted octanol–water partition coefficient (Wildman–Crippen LogP) is 3.48. The summed E-state index contributed by atoms with van der Waals surface area (Å²) >= 11 is 0. The van der Waals surface area contributed by atoms with Gasteiger partial charge in [0, 0.05) is 11.8 Å². The fraction of sp³-hybridized carbons (Fsp3) is 0.100. The fourth-order valence-electron chi connectivity index (χ4n) is 2.95. The van der Waals surface area contributed by atoms with Crippen LogP contribution in [0, 0.1) is 0 Å². The van der Waals surface area contributed by atoms with Crippen molar-refractivity contribution in [3.8, 4) is 28.1 Å². The second-order valence-electron chi connectivity index (χ2n) is 6.18. The summed E-state index contributed by atoms with van der Waals surface area (Å²) in [6.07, 6.45) is 2.69. The van der Waals surface area contributed by atoms with Crippen LogP contribution < -0.4 is 4.74 Å². The summed E-state index contributed by atoms with van der Waals surface area (Å²) in [5, 5.41) is 3.99. The molecule has 0 fully saturated rings. The van der Waals surface area contributed by atoms with E-state index in [-0.39, 0.29) is 5.16 Å². The van der Waals surface area contributed by atoms with Crippen molar-refractivity contribution < 1.29 is 13.2 Å². The van der Waals surface area contributed by atoms with Gasteiger partial charge in [0.2, 0.25) is 15.0 Å². The highest BCUT2D eigenvalue weighted by molar-refractivity contribution is 7.90. The summed E-state index contributed by atoms with van der Waals surface area (Å²) < 4.78 is 30.9. The van der Waals surface area contributed by atoms with E-state index >= 15 is 0 Å². The minimum absolute atomic E-state index is 0.0771. The van der Waals surface area contributed by atoms with E-state index in [9.17, 15) is 8.42 Å². The van der Waals surface area contributed by atoms with Gasteiger partial charge in [0.25, 0.3) is 0 Å². The second-order valence-corrected chi connectivity index (χ2v) is 8.09. The third-order valence-electron chi connectivity index (χ3n) is 4.25. The van der Waals surface area contributed by atoms with Gasteiger partial charge in [0.1, 0.15) is 5.75 Å². The van der Waals surface area contributed by atoms with Gasteiger partial charge >= 0.3 is 0 Å². The minimum atomic E-state index is -3.53. The maximum atomic E-state index is 12.2. The summed E-state index contributed by atoms with van der Waals surface area (Å²) in [5.41, 5.74) is 4.07. The Kier molecular flexibility index (Phi) is 4.16. The standard InChI is InChI=1S/C20H17N3O3S/c1-26-18-8-4-6-15(12-18)14-5-3-7-16(11-14)19-13-17-9-10-21-23(17)20(22-19)27(2,24)25/h3-13H,1-2H3. The minimum Gasteiger partial charge on any atom is -0.497 e. The normalized spacial score (nSPS) is 11.6. The molecule has 0 saturated heterocycles. The maximum Gasteiger partial charge on any atom is 0.249 e. The van der Waals surface area contributed by atoms with Crippen LogP contribution in [0.25, 0.3) is 27.9 Å². The quantitative estimate of drug-likeness (QED) is 0.508. The number of fused-ring (bicyclic) bond motifs is 1. The molecule has 2 heterocycles.